The average Bonchev–Trinajstić information content (AvgIpc) is 2.64. The zero-order valence-corrected chi connectivity index (χ0v) is 17.6. The molecule has 0 aromatic rings. The molecular formula is C23H36O4. The lowest BCUT2D eigenvalue weighted by atomic mass is 9.71. The van der Waals surface area contributed by atoms with Gasteiger partial charge < -0.3 is 9.47 Å². The van der Waals surface area contributed by atoms with Crippen LogP contribution in [0.1, 0.15) is 73.1 Å². The number of ether oxygens (including phenoxy) is 2. The molecule has 2 rings (SSSR count). The third-order valence-corrected chi connectivity index (χ3v) is 6.97. The minimum Gasteiger partial charge on any atom is -0.459 e. The van der Waals surface area contributed by atoms with Crippen LogP contribution in [0, 0.1) is 29.6 Å². The fourth-order valence-electron chi connectivity index (χ4n) is 4.42. The van der Waals surface area contributed by atoms with E-state index in [0.29, 0.717) is 34.8 Å². The molecule has 6 atom stereocenters. The van der Waals surface area contributed by atoms with Crippen LogP contribution < -0.4 is 0 Å². The van der Waals surface area contributed by atoms with Crippen LogP contribution in [-0.2, 0) is 19.1 Å². The topological polar surface area (TPSA) is 52.6 Å². The monoisotopic (exact) mass is 376 g/mol. The van der Waals surface area contributed by atoms with Gasteiger partial charge in [0, 0.05) is 5.57 Å². The van der Waals surface area contributed by atoms with Crippen molar-refractivity contribution in [2.45, 2.75) is 79.2 Å². The van der Waals surface area contributed by atoms with E-state index >= 15 is 0 Å². The first-order valence-electron chi connectivity index (χ1n) is 10.5. The second kappa shape index (κ2) is 9.57. The van der Waals surface area contributed by atoms with Gasteiger partial charge in [-0.15, -0.1) is 0 Å². The lowest BCUT2D eigenvalue weighted by Crippen LogP contribution is -2.33. The Hall–Kier alpha value is -1.58. The molecule has 0 spiro atoms. The second-order valence-corrected chi connectivity index (χ2v) is 8.82. The lowest BCUT2D eigenvalue weighted by molar-refractivity contribution is -0.149. The van der Waals surface area contributed by atoms with Gasteiger partial charge in [0.25, 0.3) is 0 Å². The first-order valence-corrected chi connectivity index (χ1v) is 10.5. The molecule has 6 unspecified atom stereocenters. The van der Waals surface area contributed by atoms with Crippen molar-refractivity contribution in [1.82, 2.24) is 0 Å². The van der Waals surface area contributed by atoms with Crippen LogP contribution in [-0.4, -0.2) is 18.0 Å². The Morgan fingerprint density at radius 1 is 0.889 bits per heavy atom. The van der Waals surface area contributed by atoms with Crippen LogP contribution >= 0.6 is 0 Å². The van der Waals surface area contributed by atoms with Gasteiger partial charge in [-0.05, 0) is 55.8 Å². The molecule has 2 saturated carbocycles. The summed E-state index contributed by atoms with van der Waals surface area (Å²) >= 11 is 0. The molecule has 0 bridgehead atoms. The molecule has 0 amide bonds. The molecule has 2 aliphatic carbocycles. The van der Waals surface area contributed by atoms with E-state index in [4.69, 9.17) is 9.47 Å². The summed E-state index contributed by atoms with van der Waals surface area (Å²) in [5.41, 5.74) is 0.827. The van der Waals surface area contributed by atoms with E-state index in [9.17, 15) is 9.59 Å². The Labute approximate surface area is 164 Å². The van der Waals surface area contributed by atoms with Crippen LogP contribution in [0.5, 0.6) is 0 Å². The lowest BCUT2D eigenvalue weighted by Gasteiger charge is -2.34. The molecule has 0 aromatic carbocycles. The van der Waals surface area contributed by atoms with Crippen molar-refractivity contribution in [1.29, 1.82) is 0 Å². The van der Waals surface area contributed by atoms with Gasteiger partial charge in [-0.3, -0.25) is 0 Å². The Morgan fingerprint density at radius 3 is 2.15 bits per heavy atom. The van der Waals surface area contributed by atoms with E-state index < -0.39 is 11.9 Å². The molecule has 27 heavy (non-hydrogen) atoms. The van der Waals surface area contributed by atoms with Gasteiger partial charge in [-0.2, -0.15) is 0 Å². The first-order chi connectivity index (χ1) is 12.7. The molecule has 152 valence electrons. The summed E-state index contributed by atoms with van der Waals surface area (Å²) in [6.07, 6.45) is 7.62. The number of hydrogen-bond donors (Lipinski definition) is 0. The van der Waals surface area contributed by atoms with E-state index in [1.54, 1.807) is 6.92 Å². The van der Waals surface area contributed by atoms with Crippen LogP contribution in [0.4, 0.5) is 0 Å². The molecule has 0 aliphatic heterocycles. The van der Waals surface area contributed by atoms with Crippen LogP contribution in [0.2, 0.25) is 0 Å². The van der Waals surface area contributed by atoms with Crippen molar-refractivity contribution < 1.29 is 19.1 Å². The minimum absolute atomic E-state index is 0.0557. The Kier molecular flexibility index (Phi) is 7.69. The summed E-state index contributed by atoms with van der Waals surface area (Å²) in [4.78, 5) is 24.7. The van der Waals surface area contributed by atoms with Crippen LogP contribution in [0.25, 0.3) is 0 Å². The highest BCUT2D eigenvalue weighted by Gasteiger charge is 2.32. The molecule has 2 fully saturated rings. The van der Waals surface area contributed by atoms with Gasteiger partial charge in [0.15, 0.2) is 0 Å². The fourth-order valence-corrected chi connectivity index (χ4v) is 4.42. The molecule has 0 N–H and O–H groups in total. The highest BCUT2D eigenvalue weighted by Crippen LogP contribution is 2.38. The number of carbonyl (C=O) groups excluding carboxylic acids is 2. The minimum atomic E-state index is -0.437. The van der Waals surface area contributed by atoms with Gasteiger partial charge in [0.1, 0.15) is 12.4 Å². The van der Waals surface area contributed by atoms with E-state index in [0.717, 1.165) is 25.7 Å². The molecule has 2 aliphatic rings. The predicted molar refractivity (Wildman–Crippen MR) is 107 cm³/mol. The predicted octanol–water partition coefficient (Wildman–Crippen LogP) is 5.43. The Morgan fingerprint density at radius 2 is 1.48 bits per heavy atom. The maximum Gasteiger partial charge on any atom is 0.338 e. The molecule has 0 aromatic heterocycles. The standard InChI is InChI=1S/C23H36O4/c1-14-9-7-11-20(17(14)4)19(6)23(25)26-13-16(3)22(24)27-21-12-8-10-15(2)18(21)5/h13-15,17-18,20-21H,6-12H2,1-5H3. The van der Waals surface area contributed by atoms with E-state index in [2.05, 4.69) is 34.3 Å². The van der Waals surface area contributed by atoms with Gasteiger partial charge in [0.2, 0.25) is 0 Å². The SMILES string of the molecule is C=C(C(=O)OC=C(C)C(=O)OC1CCCC(C)C1C)C1CCCC(C)C1C. The summed E-state index contributed by atoms with van der Waals surface area (Å²) in [6, 6.07) is 0. The molecule has 0 heterocycles. The summed E-state index contributed by atoms with van der Waals surface area (Å²) in [5.74, 6) is 1.23. The largest absolute Gasteiger partial charge is 0.459 e. The molecule has 4 nitrogen and oxygen atoms in total. The van der Waals surface area contributed by atoms with Crippen molar-refractivity contribution in [3.63, 3.8) is 0 Å². The van der Waals surface area contributed by atoms with E-state index in [1.807, 2.05) is 0 Å². The number of carbonyl (C=O) groups is 2. The number of hydrogen-bond acceptors (Lipinski definition) is 4. The van der Waals surface area contributed by atoms with Crippen molar-refractivity contribution >= 4 is 11.9 Å². The maximum absolute atomic E-state index is 12.4. The normalized spacial score (nSPS) is 34.6. The van der Waals surface area contributed by atoms with Crippen molar-refractivity contribution in [2.24, 2.45) is 29.6 Å². The summed E-state index contributed by atoms with van der Waals surface area (Å²) in [7, 11) is 0. The molecule has 0 saturated heterocycles. The third kappa shape index (κ3) is 5.46. The molecule has 0 radical (unpaired) electrons. The average molecular weight is 377 g/mol. The van der Waals surface area contributed by atoms with Crippen LogP contribution in [0.3, 0.4) is 0 Å². The van der Waals surface area contributed by atoms with Gasteiger partial charge >= 0.3 is 11.9 Å². The Balaban J connectivity index is 1.89. The highest BCUT2D eigenvalue weighted by molar-refractivity contribution is 5.91. The summed E-state index contributed by atoms with van der Waals surface area (Å²) < 4.78 is 10.9. The zero-order valence-electron chi connectivity index (χ0n) is 17.6. The fraction of sp³-hybridized carbons (Fsp3) is 0.739. The highest BCUT2D eigenvalue weighted by atomic mass is 16.6. The summed E-state index contributed by atoms with van der Waals surface area (Å²) in [6.45, 7) is 14.3. The Bertz CT molecular complexity index is 591. The van der Waals surface area contributed by atoms with Crippen molar-refractivity contribution in [3.05, 3.63) is 24.0 Å². The van der Waals surface area contributed by atoms with Gasteiger partial charge in [-0.1, -0.05) is 53.5 Å². The van der Waals surface area contributed by atoms with Gasteiger partial charge in [-0.25, -0.2) is 9.59 Å². The molecular weight excluding hydrogens is 340 g/mol. The first kappa shape index (κ1) is 21.7. The third-order valence-electron chi connectivity index (χ3n) is 6.97. The van der Waals surface area contributed by atoms with Crippen molar-refractivity contribution in [3.8, 4) is 0 Å². The quantitative estimate of drug-likeness (QED) is 0.365. The van der Waals surface area contributed by atoms with Crippen molar-refractivity contribution in [2.75, 3.05) is 0 Å². The molecule has 4 heteroatoms. The zero-order chi connectivity index (χ0) is 20.1. The maximum atomic E-state index is 12.4. The van der Waals surface area contributed by atoms with Crippen LogP contribution in [0.15, 0.2) is 24.0 Å². The smallest absolute Gasteiger partial charge is 0.338 e. The number of esters is 2. The van der Waals surface area contributed by atoms with E-state index in [-0.39, 0.29) is 12.0 Å². The van der Waals surface area contributed by atoms with E-state index in [1.165, 1.54) is 19.1 Å². The number of rotatable bonds is 5. The second-order valence-electron chi connectivity index (χ2n) is 8.82. The van der Waals surface area contributed by atoms with Gasteiger partial charge in [0.05, 0.1) is 5.57 Å². The summed E-state index contributed by atoms with van der Waals surface area (Å²) in [5, 5.41) is 0.